The number of carbonyl (C=O) groups is 1. The number of benzene rings is 1. The number of nitrogens with one attached hydrogen (secondary N) is 3. The molecule has 0 unspecified atom stereocenters. The monoisotopic (exact) mass is 537 g/mol. The lowest BCUT2D eigenvalue weighted by atomic mass is 10.1. The van der Waals surface area contributed by atoms with Gasteiger partial charge in [0.2, 0.25) is 10.0 Å². The van der Waals surface area contributed by atoms with Crippen molar-refractivity contribution >= 4 is 44.6 Å². The molecule has 2 heterocycles. The highest BCUT2D eigenvalue weighted by atomic mass is 32.2. The average molecular weight is 538 g/mol. The number of aromatic nitrogens is 3. The van der Waals surface area contributed by atoms with Gasteiger partial charge in [-0.15, -0.1) is 0 Å². The second-order valence-electron chi connectivity index (χ2n) is 9.67. The molecule has 2 aromatic heterocycles. The SMILES string of the molecule is CCONC(=O)c1cnc(Nc2cc(C)nc(C)n2)cc1Nc1c(N(C)S(C)(=O)=O)cc(C2CC2)c2c1C2. The Kier molecular flexibility index (Phi) is 6.70. The molecule has 0 aliphatic heterocycles. The van der Waals surface area contributed by atoms with E-state index in [0.717, 1.165) is 30.5 Å². The zero-order valence-electron chi connectivity index (χ0n) is 22.0. The normalized spacial score (nSPS) is 14.0. The van der Waals surface area contributed by atoms with Gasteiger partial charge >= 0.3 is 0 Å². The molecule has 1 saturated carbocycles. The first-order valence-electron chi connectivity index (χ1n) is 12.5. The van der Waals surface area contributed by atoms with E-state index < -0.39 is 15.9 Å². The number of hydroxylamine groups is 1. The number of carbonyl (C=O) groups excluding carboxylic acids is 1. The Bertz CT molecular complexity index is 1520. The van der Waals surface area contributed by atoms with Gasteiger partial charge < -0.3 is 10.6 Å². The Hall–Kier alpha value is -3.77. The smallest absolute Gasteiger partial charge is 0.278 e. The van der Waals surface area contributed by atoms with Crippen LogP contribution in [0.15, 0.2) is 24.4 Å². The van der Waals surface area contributed by atoms with Crippen LogP contribution in [0, 0.1) is 13.8 Å². The van der Waals surface area contributed by atoms with E-state index in [-0.39, 0.29) is 5.56 Å². The second-order valence-corrected chi connectivity index (χ2v) is 11.7. The molecular weight excluding hydrogens is 506 g/mol. The minimum atomic E-state index is -3.53. The fraction of sp³-hybridized carbons (Fsp3) is 0.385. The molecule has 2 aliphatic carbocycles. The summed E-state index contributed by atoms with van der Waals surface area (Å²) < 4.78 is 26.4. The number of pyridine rings is 1. The fourth-order valence-corrected chi connectivity index (χ4v) is 4.98. The topological polar surface area (TPSA) is 138 Å². The number of sulfonamides is 1. The van der Waals surface area contributed by atoms with Gasteiger partial charge in [0.05, 0.1) is 35.5 Å². The molecular formula is C26H31N7O4S. The van der Waals surface area contributed by atoms with E-state index >= 15 is 0 Å². The van der Waals surface area contributed by atoms with Crippen LogP contribution in [-0.2, 0) is 21.3 Å². The third-order valence-corrected chi connectivity index (χ3v) is 7.78. The number of fused-ring (bicyclic) bond motifs is 1. The minimum absolute atomic E-state index is 0.243. The highest BCUT2D eigenvalue weighted by Crippen LogP contribution is 2.53. The summed E-state index contributed by atoms with van der Waals surface area (Å²) in [6, 6.07) is 5.47. The van der Waals surface area contributed by atoms with Gasteiger partial charge in [-0.05, 0) is 62.3 Å². The molecule has 1 fully saturated rings. The molecule has 11 nitrogen and oxygen atoms in total. The number of nitrogens with zero attached hydrogens (tertiary/aromatic N) is 4. The van der Waals surface area contributed by atoms with Crippen molar-refractivity contribution in [1.29, 1.82) is 0 Å². The maximum absolute atomic E-state index is 12.9. The highest BCUT2D eigenvalue weighted by Gasteiger charge is 2.37. The lowest BCUT2D eigenvalue weighted by Gasteiger charge is -2.23. The van der Waals surface area contributed by atoms with E-state index in [0.29, 0.717) is 47.0 Å². The van der Waals surface area contributed by atoms with Crippen LogP contribution in [0.4, 0.5) is 28.7 Å². The molecule has 0 radical (unpaired) electrons. The second kappa shape index (κ2) is 9.84. The van der Waals surface area contributed by atoms with Crippen molar-refractivity contribution in [3.63, 3.8) is 0 Å². The van der Waals surface area contributed by atoms with Crippen LogP contribution in [0.2, 0.25) is 0 Å². The molecule has 0 spiro atoms. The lowest BCUT2D eigenvalue weighted by molar-refractivity contribution is 0.0365. The van der Waals surface area contributed by atoms with Gasteiger partial charge in [-0.25, -0.2) is 28.8 Å². The summed E-state index contributed by atoms with van der Waals surface area (Å²) in [5.74, 6) is 1.64. The van der Waals surface area contributed by atoms with Crippen LogP contribution >= 0.6 is 0 Å². The average Bonchev–Trinajstić information content (AvgIpc) is 3.75. The van der Waals surface area contributed by atoms with Gasteiger partial charge in [0.15, 0.2) is 0 Å². The Morgan fingerprint density at radius 1 is 1.11 bits per heavy atom. The van der Waals surface area contributed by atoms with Crippen molar-refractivity contribution in [3.05, 3.63) is 58.2 Å². The number of hydrogen-bond donors (Lipinski definition) is 3. The molecule has 3 N–H and O–H groups in total. The van der Waals surface area contributed by atoms with Crippen molar-refractivity contribution in [2.75, 3.05) is 34.8 Å². The van der Waals surface area contributed by atoms with Gasteiger partial charge in [0, 0.05) is 37.5 Å². The van der Waals surface area contributed by atoms with Crippen LogP contribution in [-0.4, -0.2) is 49.2 Å². The van der Waals surface area contributed by atoms with Crippen molar-refractivity contribution in [2.24, 2.45) is 0 Å². The molecule has 3 aromatic rings. The molecule has 38 heavy (non-hydrogen) atoms. The van der Waals surface area contributed by atoms with E-state index in [9.17, 15) is 13.2 Å². The molecule has 12 heteroatoms. The summed E-state index contributed by atoms with van der Waals surface area (Å²) in [6.45, 7) is 5.75. The summed E-state index contributed by atoms with van der Waals surface area (Å²) in [7, 11) is -1.98. The lowest BCUT2D eigenvalue weighted by Crippen LogP contribution is -2.26. The largest absolute Gasteiger partial charge is 0.353 e. The molecule has 0 saturated heterocycles. The van der Waals surface area contributed by atoms with Crippen LogP contribution in [0.5, 0.6) is 0 Å². The molecule has 0 atom stereocenters. The summed E-state index contributed by atoms with van der Waals surface area (Å²) in [6.07, 6.45) is 5.63. The van der Waals surface area contributed by atoms with Gasteiger partial charge in [0.25, 0.3) is 5.91 Å². The van der Waals surface area contributed by atoms with Crippen molar-refractivity contribution in [1.82, 2.24) is 20.4 Å². The Balaban J connectivity index is 1.57. The maximum Gasteiger partial charge on any atom is 0.278 e. The molecule has 1 amide bonds. The van der Waals surface area contributed by atoms with Gasteiger partial charge in [-0.3, -0.25) is 13.9 Å². The van der Waals surface area contributed by atoms with E-state index in [1.165, 1.54) is 27.9 Å². The number of amides is 1. The molecule has 1 aromatic carbocycles. The Labute approximate surface area is 222 Å². The predicted octanol–water partition coefficient (Wildman–Crippen LogP) is 3.83. The molecule has 0 bridgehead atoms. The molecule has 200 valence electrons. The number of aryl methyl sites for hydroxylation is 2. The first-order chi connectivity index (χ1) is 18.0. The zero-order valence-corrected chi connectivity index (χ0v) is 22.9. The van der Waals surface area contributed by atoms with Crippen molar-refractivity contribution < 1.29 is 18.0 Å². The molecule has 2 aliphatic rings. The Morgan fingerprint density at radius 2 is 1.87 bits per heavy atom. The zero-order chi connectivity index (χ0) is 27.2. The van der Waals surface area contributed by atoms with Gasteiger partial charge in [-0.1, -0.05) is 0 Å². The highest BCUT2D eigenvalue weighted by molar-refractivity contribution is 7.92. The van der Waals surface area contributed by atoms with Gasteiger partial charge in [0.1, 0.15) is 17.5 Å². The number of hydrogen-bond acceptors (Lipinski definition) is 9. The first kappa shape index (κ1) is 25.9. The maximum atomic E-state index is 12.9. The van der Waals surface area contributed by atoms with Crippen LogP contribution in [0.1, 0.15) is 64.2 Å². The van der Waals surface area contributed by atoms with E-state index in [1.807, 2.05) is 13.0 Å². The van der Waals surface area contributed by atoms with Crippen molar-refractivity contribution in [2.45, 2.75) is 46.0 Å². The van der Waals surface area contributed by atoms with E-state index in [2.05, 4.69) is 31.1 Å². The quantitative estimate of drug-likeness (QED) is 0.258. The standard InChI is InChI=1S/C26H31N7O4S/c1-6-37-32-26(34)20-13-27-23(31-24-9-14(2)28-15(3)29-24)12-21(20)30-25-19-10-18(19)17(16-7-8-16)11-22(25)33(4)38(5,35)36/h9,11-13,16H,6-8,10H2,1-5H3,(H,32,34)(H2,27,28,29,30,31). The minimum Gasteiger partial charge on any atom is -0.353 e. The van der Waals surface area contributed by atoms with Crippen LogP contribution < -0.4 is 20.4 Å². The Morgan fingerprint density at radius 3 is 2.53 bits per heavy atom. The number of anilines is 5. The fourth-order valence-electron chi connectivity index (χ4n) is 4.48. The van der Waals surface area contributed by atoms with Gasteiger partial charge in [-0.2, -0.15) is 0 Å². The third-order valence-electron chi connectivity index (χ3n) is 6.58. The number of rotatable bonds is 10. The summed E-state index contributed by atoms with van der Waals surface area (Å²) in [4.78, 5) is 31.2. The van der Waals surface area contributed by atoms with Crippen LogP contribution in [0.25, 0.3) is 0 Å². The summed E-state index contributed by atoms with van der Waals surface area (Å²) >= 11 is 0. The summed E-state index contributed by atoms with van der Waals surface area (Å²) in [5, 5.41) is 6.54. The first-order valence-corrected chi connectivity index (χ1v) is 14.3. The summed E-state index contributed by atoms with van der Waals surface area (Å²) in [5.41, 5.74) is 8.65. The van der Waals surface area contributed by atoms with E-state index in [4.69, 9.17) is 4.84 Å². The van der Waals surface area contributed by atoms with Crippen LogP contribution in [0.3, 0.4) is 0 Å². The van der Waals surface area contributed by atoms with E-state index in [1.54, 1.807) is 33.0 Å². The predicted molar refractivity (Wildman–Crippen MR) is 146 cm³/mol. The molecule has 5 rings (SSSR count). The third kappa shape index (κ3) is 5.41. The van der Waals surface area contributed by atoms with Crippen molar-refractivity contribution in [3.8, 4) is 0 Å².